The van der Waals surface area contributed by atoms with Gasteiger partial charge in [-0.15, -0.1) is 0 Å². The number of hydrogen-bond acceptors (Lipinski definition) is 6. The summed E-state index contributed by atoms with van der Waals surface area (Å²) in [5.41, 5.74) is 3.45. The van der Waals surface area contributed by atoms with Crippen LogP contribution >= 0.6 is 0 Å². The summed E-state index contributed by atoms with van der Waals surface area (Å²) in [7, 11) is 1.60. The van der Waals surface area contributed by atoms with E-state index < -0.39 is 11.7 Å². The van der Waals surface area contributed by atoms with Crippen molar-refractivity contribution in [3.63, 3.8) is 0 Å². The molecule has 3 aromatic rings. The minimum atomic E-state index is -0.713. The zero-order chi connectivity index (χ0) is 23.1. The van der Waals surface area contributed by atoms with Gasteiger partial charge in [0.25, 0.3) is 0 Å². The number of phenolic OH excluding ortho intramolecular Hbond substituents is 1. The number of hydrogen-bond donors (Lipinski definition) is 1. The summed E-state index contributed by atoms with van der Waals surface area (Å²) in [5, 5.41) is 9.68. The Morgan fingerprint density at radius 2 is 2.00 bits per heavy atom. The first-order valence-electron chi connectivity index (χ1n) is 10.5. The second-order valence-corrected chi connectivity index (χ2v) is 8.20. The van der Waals surface area contributed by atoms with Crippen molar-refractivity contribution in [1.29, 1.82) is 0 Å². The molecule has 5 rings (SSSR count). The molecule has 1 amide bonds. The molecule has 0 spiro atoms. The van der Waals surface area contributed by atoms with E-state index in [9.17, 15) is 19.1 Å². The molecular weight excluding hydrogens is 427 g/mol. The molecule has 3 heterocycles. The number of ketones is 1. The summed E-state index contributed by atoms with van der Waals surface area (Å²) in [6.07, 6.45) is 1.48. The average molecular weight is 448 g/mol. The molecule has 33 heavy (non-hydrogen) atoms. The first-order chi connectivity index (χ1) is 15.9. The molecule has 0 radical (unpaired) electrons. The van der Waals surface area contributed by atoms with Crippen LogP contribution in [0.15, 0.2) is 48.7 Å². The lowest BCUT2D eigenvalue weighted by Gasteiger charge is -2.25. The number of halogens is 1. The van der Waals surface area contributed by atoms with Gasteiger partial charge in [0.2, 0.25) is 5.91 Å². The number of carbonyl (C=O) groups is 2. The Kier molecular flexibility index (Phi) is 5.20. The lowest BCUT2D eigenvalue weighted by atomic mass is 9.92. The molecule has 8 heteroatoms. The fourth-order valence-corrected chi connectivity index (χ4v) is 4.32. The molecule has 0 fully saturated rings. The van der Waals surface area contributed by atoms with Gasteiger partial charge < -0.3 is 19.5 Å². The first kappa shape index (κ1) is 20.9. The van der Waals surface area contributed by atoms with Crippen molar-refractivity contribution in [2.24, 2.45) is 0 Å². The Balaban J connectivity index is 1.36. The molecule has 0 saturated heterocycles. The molecule has 2 aromatic carbocycles. The van der Waals surface area contributed by atoms with Crippen LogP contribution in [0.5, 0.6) is 17.2 Å². The zero-order valence-electron chi connectivity index (χ0n) is 17.9. The van der Waals surface area contributed by atoms with Crippen LogP contribution in [0.4, 0.5) is 4.39 Å². The van der Waals surface area contributed by atoms with Crippen molar-refractivity contribution >= 4 is 11.7 Å². The molecule has 1 unspecified atom stereocenters. The van der Waals surface area contributed by atoms with Crippen molar-refractivity contribution in [1.82, 2.24) is 9.88 Å². The number of rotatable bonds is 4. The molecule has 0 aliphatic carbocycles. The van der Waals surface area contributed by atoms with Crippen molar-refractivity contribution in [2.45, 2.75) is 25.4 Å². The van der Waals surface area contributed by atoms with Gasteiger partial charge >= 0.3 is 0 Å². The van der Waals surface area contributed by atoms with Crippen molar-refractivity contribution in [2.75, 3.05) is 13.7 Å². The normalized spacial score (nSPS) is 16.7. The van der Waals surface area contributed by atoms with Crippen LogP contribution < -0.4 is 9.47 Å². The Morgan fingerprint density at radius 3 is 2.79 bits per heavy atom. The van der Waals surface area contributed by atoms with Gasteiger partial charge in [0.1, 0.15) is 29.7 Å². The number of fused-ring (bicyclic) bond motifs is 2. The van der Waals surface area contributed by atoms with E-state index in [-0.39, 0.29) is 30.5 Å². The maximum absolute atomic E-state index is 13.7. The lowest BCUT2D eigenvalue weighted by Crippen LogP contribution is -2.33. The molecule has 2 aliphatic rings. The Labute approximate surface area is 189 Å². The summed E-state index contributed by atoms with van der Waals surface area (Å²) < 4.78 is 24.5. The monoisotopic (exact) mass is 448 g/mol. The predicted octanol–water partition coefficient (Wildman–Crippen LogP) is 3.58. The van der Waals surface area contributed by atoms with Crippen LogP contribution in [0.1, 0.15) is 29.2 Å². The Hall–Kier alpha value is -3.94. The third-order valence-electron chi connectivity index (χ3n) is 6.05. The molecule has 168 valence electrons. The van der Waals surface area contributed by atoms with E-state index in [4.69, 9.17) is 9.47 Å². The fourth-order valence-electron chi connectivity index (χ4n) is 4.32. The molecule has 0 saturated carbocycles. The Bertz CT molecular complexity index is 1260. The number of carbonyl (C=O) groups excluding carboxylic acids is 2. The summed E-state index contributed by atoms with van der Waals surface area (Å²) in [6.45, 7) is 0.783. The number of ether oxygens (including phenoxy) is 2. The summed E-state index contributed by atoms with van der Waals surface area (Å²) in [4.78, 5) is 31.8. The number of pyridine rings is 1. The van der Waals surface area contributed by atoms with E-state index in [0.29, 0.717) is 35.7 Å². The lowest BCUT2D eigenvalue weighted by molar-refractivity contribution is -0.135. The number of aromatic hydroxyl groups is 1. The van der Waals surface area contributed by atoms with E-state index >= 15 is 0 Å². The fraction of sp³-hybridized carbons (Fsp3) is 0.240. The van der Waals surface area contributed by atoms with Crippen molar-refractivity contribution in [3.05, 3.63) is 71.3 Å². The van der Waals surface area contributed by atoms with E-state index in [0.717, 1.165) is 22.9 Å². The van der Waals surface area contributed by atoms with Crippen LogP contribution in [-0.2, 0) is 22.7 Å². The molecule has 0 bridgehead atoms. The van der Waals surface area contributed by atoms with Crippen LogP contribution in [0.25, 0.3) is 11.1 Å². The van der Waals surface area contributed by atoms with Gasteiger partial charge in [-0.2, -0.15) is 0 Å². The SMILES string of the molecule is COc1ccc2c(c1)CN(C(=O)CC1C(=O)COc3cc(-c4cc(O)cc(F)c4)cnc31)C2. The minimum Gasteiger partial charge on any atom is -0.508 e. The quantitative estimate of drug-likeness (QED) is 0.656. The standard InChI is InChI=1S/C25H21FN2O5/c1-32-20-3-2-14-11-28(12-17(14)6-20)24(31)9-21-22(30)13-33-23-7-16(10-27-25(21)23)15-4-18(26)8-19(29)5-15/h2-8,10,21,29H,9,11-13H2,1H3. The number of methoxy groups -OCH3 is 1. The van der Waals surface area contributed by atoms with Gasteiger partial charge in [0.05, 0.1) is 18.7 Å². The number of amides is 1. The largest absolute Gasteiger partial charge is 0.508 e. The minimum absolute atomic E-state index is 0.00653. The summed E-state index contributed by atoms with van der Waals surface area (Å²) >= 11 is 0. The Morgan fingerprint density at radius 1 is 1.18 bits per heavy atom. The highest BCUT2D eigenvalue weighted by molar-refractivity contribution is 5.93. The van der Waals surface area contributed by atoms with Gasteiger partial charge in [-0.25, -0.2) is 4.39 Å². The van der Waals surface area contributed by atoms with Crippen LogP contribution in [0.2, 0.25) is 0 Å². The van der Waals surface area contributed by atoms with E-state index in [1.165, 1.54) is 18.3 Å². The van der Waals surface area contributed by atoms with Gasteiger partial charge in [-0.05, 0) is 47.0 Å². The summed E-state index contributed by atoms with van der Waals surface area (Å²) in [5.74, 6) is -0.728. The number of Topliss-reactive ketones (excluding diaryl/α,β-unsaturated/α-hetero) is 1. The number of phenols is 1. The van der Waals surface area contributed by atoms with E-state index in [1.807, 2.05) is 18.2 Å². The zero-order valence-corrected chi connectivity index (χ0v) is 17.9. The van der Waals surface area contributed by atoms with Crippen molar-refractivity contribution in [3.8, 4) is 28.4 Å². The van der Waals surface area contributed by atoms with Gasteiger partial charge in [-0.1, -0.05) is 6.07 Å². The van der Waals surface area contributed by atoms with Gasteiger partial charge in [-0.3, -0.25) is 14.6 Å². The van der Waals surface area contributed by atoms with Gasteiger partial charge in [0, 0.05) is 37.3 Å². The topological polar surface area (TPSA) is 89.0 Å². The summed E-state index contributed by atoms with van der Waals surface area (Å²) in [6, 6.07) is 11.1. The highest BCUT2D eigenvalue weighted by Gasteiger charge is 2.35. The molecular formula is C25H21FN2O5. The third kappa shape index (κ3) is 4.00. The van der Waals surface area contributed by atoms with E-state index in [2.05, 4.69) is 4.98 Å². The number of benzene rings is 2. The highest BCUT2D eigenvalue weighted by Crippen LogP contribution is 2.37. The van der Waals surface area contributed by atoms with Crippen LogP contribution in [-0.4, -0.2) is 40.4 Å². The van der Waals surface area contributed by atoms with Crippen LogP contribution in [0.3, 0.4) is 0 Å². The third-order valence-corrected chi connectivity index (χ3v) is 6.05. The molecule has 1 N–H and O–H groups in total. The molecule has 1 aromatic heterocycles. The van der Waals surface area contributed by atoms with Crippen LogP contribution in [0, 0.1) is 5.82 Å². The maximum Gasteiger partial charge on any atom is 0.224 e. The molecule has 1 atom stereocenters. The smallest absolute Gasteiger partial charge is 0.224 e. The number of nitrogens with zero attached hydrogens (tertiary/aromatic N) is 2. The van der Waals surface area contributed by atoms with Gasteiger partial charge in [0.15, 0.2) is 5.78 Å². The van der Waals surface area contributed by atoms with E-state index in [1.54, 1.807) is 18.1 Å². The number of aromatic nitrogens is 1. The second kappa shape index (κ2) is 8.20. The predicted molar refractivity (Wildman–Crippen MR) is 116 cm³/mol. The van der Waals surface area contributed by atoms with Crippen molar-refractivity contribution < 1.29 is 28.6 Å². The first-order valence-corrected chi connectivity index (χ1v) is 10.5. The second-order valence-electron chi connectivity index (χ2n) is 8.20. The average Bonchev–Trinajstić information content (AvgIpc) is 3.23. The highest BCUT2D eigenvalue weighted by atomic mass is 19.1. The maximum atomic E-state index is 13.7. The molecule has 2 aliphatic heterocycles. The molecule has 7 nitrogen and oxygen atoms in total.